The lowest BCUT2D eigenvalue weighted by Gasteiger charge is -2.09. The number of benzene rings is 2. The van der Waals surface area contributed by atoms with E-state index in [1.54, 1.807) is 12.3 Å². The molecule has 0 atom stereocenters. The van der Waals surface area contributed by atoms with Crippen molar-refractivity contribution in [1.82, 2.24) is 15.4 Å². The van der Waals surface area contributed by atoms with Crippen LogP contribution in [0.3, 0.4) is 0 Å². The van der Waals surface area contributed by atoms with Crippen LogP contribution < -0.4 is 17.0 Å². The van der Waals surface area contributed by atoms with Crippen LogP contribution in [0.15, 0.2) is 89.9 Å². The van der Waals surface area contributed by atoms with Crippen LogP contribution in [0.5, 0.6) is 0 Å². The van der Waals surface area contributed by atoms with Gasteiger partial charge in [-0.2, -0.15) is 0 Å². The average Bonchev–Trinajstić information content (AvgIpc) is 2.84. The highest BCUT2D eigenvalue weighted by Crippen LogP contribution is 2.22. The molecule has 0 saturated heterocycles. The molecule has 6 nitrogen and oxygen atoms in total. The fraction of sp³-hybridized carbons (Fsp3) is 0.0800. The Morgan fingerprint density at radius 1 is 1.00 bits per heavy atom. The van der Waals surface area contributed by atoms with Crippen LogP contribution in [0.4, 0.5) is 4.39 Å². The number of aromatic nitrogens is 2. The molecular weight excluding hydrogens is 403 g/mol. The molecule has 4 rings (SSSR count). The van der Waals surface area contributed by atoms with E-state index < -0.39 is 5.83 Å². The number of rotatable bonds is 5. The third kappa shape index (κ3) is 4.63. The number of pyridine rings is 2. The maximum absolute atomic E-state index is 15.0. The Hall–Kier alpha value is -4.10. The first-order valence-electron chi connectivity index (χ1n) is 10.1. The predicted octanol–water partition coefficient (Wildman–Crippen LogP) is 4.26. The van der Waals surface area contributed by atoms with Crippen molar-refractivity contribution >= 4 is 22.4 Å². The number of amidine groups is 1. The lowest BCUT2D eigenvalue weighted by molar-refractivity contribution is 0.670. The van der Waals surface area contributed by atoms with Gasteiger partial charge in [0.15, 0.2) is 11.7 Å². The van der Waals surface area contributed by atoms with Gasteiger partial charge in [-0.15, -0.1) is 0 Å². The van der Waals surface area contributed by atoms with Gasteiger partial charge in [-0.1, -0.05) is 42.5 Å². The molecule has 5 N–H and O–H groups in total. The molecule has 7 heteroatoms. The Labute approximate surface area is 185 Å². The van der Waals surface area contributed by atoms with E-state index >= 15 is 4.39 Å². The van der Waals surface area contributed by atoms with E-state index in [0.717, 1.165) is 33.3 Å². The minimum Gasteiger partial charge on any atom is -0.396 e. The molecule has 0 fully saturated rings. The summed E-state index contributed by atoms with van der Waals surface area (Å²) in [6.07, 6.45) is 3.32. The van der Waals surface area contributed by atoms with E-state index in [9.17, 15) is 0 Å². The van der Waals surface area contributed by atoms with Crippen molar-refractivity contribution in [2.24, 2.45) is 16.6 Å². The molecule has 0 saturated carbocycles. The van der Waals surface area contributed by atoms with Crippen LogP contribution in [0.25, 0.3) is 27.7 Å². The van der Waals surface area contributed by atoms with Crippen molar-refractivity contribution in [2.75, 3.05) is 0 Å². The molecule has 0 amide bonds. The van der Waals surface area contributed by atoms with Gasteiger partial charge in [-0.05, 0) is 47.9 Å². The van der Waals surface area contributed by atoms with Gasteiger partial charge in [0.1, 0.15) is 0 Å². The van der Waals surface area contributed by atoms with E-state index in [0.29, 0.717) is 5.56 Å². The molecule has 0 unspecified atom stereocenters. The Bertz CT molecular complexity index is 1310. The normalized spacial score (nSPS) is 12.5. The van der Waals surface area contributed by atoms with E-state index in [-0.39, 0.29) is 18.1 Å². The van der Waals surface area contributed by atoms with Crippen molar-refractivity contribution in [2.45, 2.75) is 13.5 Å². The van der Waals surface area contributed by atoms with Crippen LogP contribution in [0, 0.1) is 6.92 Å². The van der Waals surface area contributed by atoms with Gasteiger partial charge < -0.3 is 11.2 Å². The number of aryl methyl sites for hydroxylation is 1. The first-order valence-corrected chi connectivity index (χ1v) is 10.1. The molecule has 4 aromatic rings. The number of nitrogens with two attached hydrogens (primary N) is 2. The second-order valence-electron chi connectivity index (χ2n) is 7.34. The Kier molecular flexibility index (Phi) is 6.19. The highest BCUT2D eigenvalue weighted by molar-refractivity contribution is 6.02. The van der Waals surface area contributed by atoms with Crippen LogP contribution in [0.1, 0.15) is 16.8 Å². The van der Waals surface area contributed by atoms with Gasteiger partial charge in [0.05, 0.1) is 17.8 Å². The fourth-order valence-electron chi connectivity index (χ4n) is 3.35. The summed E-state index contributed by atoms with van der Waals surface area (Å²) in [7, 11) is 0. The van der Waals surface area contributed by atoms with Crippen molar-refractivity contribution in [3.63, 3.8) is 0 Å². The van der Waals surface area contributed by atoms with Gasteiger partial charge in [-0.25, -0.2) is 10.2 Å². The SMILES string of the molecule is Cc1cc(-c2ccc(CN=C(NN)C(F)=C(N)c3cnc4ccccc4c3)cc2)ccn1. The summed E-state index contributed by atoms with van der Waals surface area (Å²) in [5, 5.41) is 0.865. The maximum Gasteiger partial charge on any atom is 0.189 e. The summed E-state index contributed by atoms with van der Waals surface area (Å²) in [6, 6.07) is 21.2. The zero-order valence-electron chi connectivity index (χ0n) is 17.6. The van der Waals surface area contributed by atoms with Gasteiger partial charge in [0.25, 0.3) is 0 Å². The molecule has 32 heavy (non-hydrogen) atoms. The molecule has 0 aliphatic rings. The minimum atomic E-state index is -0.728. The van der Waals surface area contributed by atoms with Crippen LogP contribution >= 0.6 is 0 Å². The molecule has 0 bridgehead atoms. The number of para-hydroxylation sites is 1. The molecule has 0 spiro atoms. The molecular formula is C25H23FN6. The lowest BCUT2D eigenvalue weighted by Crippen LogP contribution is -2.32. The molecule has 0 aliphatic heterocycles. The number of halogens is 1. The molecule has 2 aromatic heterocycles. The molecule has 160 valence electrons. The van der Waals surface area contributed by atoms with Crippen molar-refractivity contribution in [3.05, 3.63) is 102 Å². The summed E-state index contributed by atoms with van der Waals surface area (Å²) in [4.78, 5) is 12.8. The number of nitrogens with zero attached hydrogens (tertiary/aromatic N) is 3. The van der Waals surface area contributed by atoms with E-state index in [2.05, 4.69) is 20.4 Å². The first kappa shape index (κ1) is 21.1. The van der Waals surface area contributed by atoms with Crippen LogP contribution in [-0.4, -0.2) is 15.8 Å². The lowest BCUT2D eigenvalue weighted by atomic mass is 10.0. The number of hydrogen-bond donors (Lipinski definition) is 3. The summed E-state index contributed by atoms with van der Waals surface area (Å²) in [6.45, 7) is 2.20. The standard InChI is InChI=1S/C25H23FN6/c1-16-12-19(10-11-29-16)18-8-6-17(7-9-18)14-31-25(32-28)23(26)24(27)21-13-20-4-2-3-5-22(20)30-15-21/h2-13,15H,14,27-28H2,1H3,(H,31,32). The minimum absolute atomic E-state index is 0.0802. The Morgan fingerprint density at radius 2 is 1.78 bits per heavy atom. The number of hydrazine groups is 1. The Morgan fingerprint density at radius 3 is 2.53 bits per heavy atom. The highest BCUT2D eigenvalue weighted by Gasteiger charge is 2.13. The summed E-state index contributed by atoms with van der Waals surface area (Å²) in [5.41, 5.74) is 13.6. The van der Waals surface area contributed by atoms with Crippen LogP contribution in [0.2, 0.25) is 0 Å². The van der Waals surface area contributed by atoms with Gasteiger partial charge in [0, 0.05) is 29.0 Å². The molecule has 2 heterocycles. The van der Waals surface area contributed by atoms with Crippen molar-refractivity contribution in [1.29, 1.82) is 0 Å². The van der Waals surface area contributed by atoms with Crippen molar-refractivity contribution < 1.29 is 4.39 Å². The van der Waals surface area contributed by atoms with E-state index in [4.69, 9.17) is 11.6 Å². The second-order valence-corrected chi connectivity index (χ2v) is 7.34. The predicted molar refractivity (Wildman–Crippen MR) is 127 cm³/mol. The fourth-order valence-corrected chi connectivity index (χ4v) is 3.35. The van der Waals surface area contributed by atoms with Gasteiger partial charge in [0.2, 0.25) is 0 Å². The number of nitrogens with one attached hydrogen (secondary N) is 1. The average molecular weight is 426 g/mol. The van der Waals surface area contributed by atoms with Crippen molar-refractivity contribution in [3.8, 4) is 11.1 Å². The maximum atomic E-state index is 15.0. The van der Waals surface area contributed by atoms with Gasteiger partial charge in [-0.3, -0.25) is 15.0 Å². The first-order chi connectivity index (χ1) is 15.5. The molecule has 2 aromatic carbocycles. The highest BCUT2D eigenvalue weighted by atomic mass is 19.1. The van der Waals surface area contributed by atoms with E-state index in [1.165, 1.54) is 6.20 Å². The summed E-state index contributed by atoms with van der Waals surface area (Å²) < 4.78 is 15.0. The second kappa shape index (κ2) is 9.36. The van der Waals surface area contributed by atoms with Crippen LogP contribution in [-0.2, 0) is 6.54 Å². The monoisotopic (exact) mass is 426 g/mol. The number of hydrogen-bond acceptors (Lipinski definition) is 5. The number of fused-ring (bicyclic) bond motifs is 1. The summed E-state index contributed by atoms with van der Waals surface area (Å²) >= 11 is 0. The third-order valence-electron chi connectivity index (χ3n) is 5.09. The zero-order chi connectivity index (χ0) is 22.5. The van der Waals surface area contributed by atoms with Gasteiger partial charge >= 0.3 is 0 Å². The van der Waals surface area contributed by atoms with E-state index in [1.807, 2.05) is 67.6 Å². The third-order valence-corrected chi connectivity index (χ3v) is 5.09. The largest absolute Gasteiger partial charge is 0.396 e. The Balaban J connectivity index is 1.55. The quantitative estimate of drug-likeness (QED) is 0.191. The number of aliphatic imine (C=N–C) groups is 1. The smallest absolute Gasteiger partial charge is 0.189 e. The zero-order valence-corrected chi connectivity index (χ0v) is 17.6. The molecule has 0 radical (unpaired) electrons. The summed E-state index contributed by atoms with van der Waals surface area (Å²) in [5.74, 6) is 4.68. The molecule has 0 aliphatic carbocycles. The topological polar surface area (TPSA) is 102 Å².